The Balaban J connectivity index is 3.64. The monoisotopic (exact) mass is 217 g/mol. The van der Waals surface area contributed by atoms with Gasteiger partial charge >= 0.3 is 0 Å². The second kappa shape index (κ2) is 6.44. The highest BCUT2D eigenvalue weighted by Crippen LogP contribution is 2.16. The summed E-state index contributed by atoms with van der Waals surface area (Å²) < 4.78 is 0.833. The molecule has 0 rings (SSSR count). The molecular weight excluding hydrogens is 198 g/mol. The average Bonchev–Trinajstić information content (AvgIpc) is 1.98. The summed E-state index contributed by atoms with van der Waals surface area (Å²) in [6.07, 6.45) is 0. The van der Waals surface area contributed by atoms with E-state index in [-0.39, 0.29) is 0 Å². The average molecular weight is 217 g/mol. The lowest BCUT2D eigenvalue weighted by atomic mass is 10.0. The van der Waals surface area contributed by atoms with Crippen LogP contribution in [0.5, 0.6) is 0 Å². The van der Waals surface area contributed by atoms with Gasteiger partial charge in [0.2, 0.25) is 0 Å². The third-order valence-corrected chi connectivity index (χ3v) is 3.44. The predicted octanol–water partition coefficient (Wildman–Crippen LogP) is 3.42. The van der Waals surface area contributed by atoms with E-state index in [1.165, 1.54) is 0 Å². The molecule has 76 valence electrons. The summed E-state index contributed by atoms with van der Waals surface area (Å²) >= 11 is 6.83. The second-order valence-corrected chi connectivity index (χ2v) is 5.42. The Labute approximate surface area is 91.4 Å². The molecule has 0 saturated carbocycles. The first-order valence-corrected chi connectivity index (χ1v) is 5.92. The van der Waals surface area contributed by atoms with Gasteiger partial charge in [0, 0.05) is 11.4 Å². The molecule has 0 aliphatic heterocycles. The van der Waals surface area contributed by atoms with E-state index in [0.29, 0.717) is 5.92 Å². The van der Waals surface area contributed by atoms with Crippen molar-refractivity contribution >= 4 is 28.3 Å². The predicted molar refractivity (Wildman–Crippen MR) is 67.0 cm³/mol. The number of thiocarbonyl (C=S) groups is 1. The minimum atomic E-state index is 0.704. The highest BCUT2D eigenvalue weighted by atomic mass is 32.2. The van der Waals surface area contributed by atoms with Gasteiger partial charge in [-0.1, -0.05) is 51.3 Å². The molecule has 1 atom stereocenters. The summed E-state index contributed by atoms with van der Waals surface area (Å²) in [5.74, 6) is 2.51. The summed E-state index contributed by atoms with van der Waals surface area (Å²) in [5.41, 5.74) is 0.912. The number of nitrogens with one attached hydrogen (secondary N) is 1. The first-order valence-electron chi connectivity index (χ1n) is 4.52. The lowest BCUT2D eigenvalue weighted by molar-refractivity contribution is 0.465. The Kier molecular flexibility index (Phi) is 6.43. The van der Waals surface area contributed by atoms with E-state index in [2.05, 4.69) is 32.7 Å². The van der Waals surface area contributed by atoms with Gasteiger partial charge in [0.05, 0.1) is 0 Å². The van der Waals surface area contributed by atoms with Crippen molar-refractivity contribution in [1.82, 2.24) is 5.32 Å². The fourth-order valence-electron chi connectivity index (χ4n) is 0.610. The zero-order valence-corrected chi connectivity index (χ0v) is 10.5. The van der Waals surface area contributed by atoms with Gasteiger partial charge in [-0.3, -0.25) is 0 Å². The zero-order chi connectivity index (χ0) is 10.4. The van der Waals surface area contributed by atoms with Crippen molar-refractivity contribution in [3.63, 3.8) is 0 Å². The molecule has 13 heavy (non-hydrogen) atoms. The molecular formula is C10H19NS2. The normalized spacial score (nSPS) is 12.7. The van der Waals surface area contributed by atoms with Crippen LogP contribution in [0.25, 0.3) is 0 Å². The van der Waals surface area contributed by atoms with Gasteiger partial charge < -0.3 is 5.32 Å². The maximum atomic E-state index is 5.13. The summed E-state index contributed by atoms with van der Waals surface area (Å²) in [6, 6.07) is 0. The van der Waals surface area contributed by atoms with Gasteiger partial charge in [-0.25, -0.2) is 0 Å². The van der Waals surface area contributed by atoms with Crippen molar-refractivity contribution in [3.8, 4) is 0 Å². The summed E-state index contributed by atoms with van der Waals surface area (Å²) in [5, 5.41) is 3.04. The first kappa shape index (κ1) is 13.0. The third kappa shape index (κ3) is 7.08. The molecule has 0 unspecified atom stereocenters. The van der Waals surface area contributed by atoms with Crippen LogP contribution in [0.1, 0.15) is 27.7 Å². The number of hydrogen-bond donors (Lipinski definition) is 1. The van der Waals surface area contributed by atoms with Crippen LogP contribution in [0.15, 0.2) is 12.3 Å². The molecule has 0 spiro atoms. The minimum absolute atomic E-state index is 0.704. The van der Waals surface area contributed by atoms with Crippen LogP contribution in [0.4, 0.5) is 0 Å². The molecule has 0 aromatic rings. The first-order chi connectivity index (χ1) is 5.93. The van der Waals surface area contributed by atoms with Crippen molar-refractivity contribution in [2.24, 2.45) is 11.8 Å². The van der Waals surface area contributed by atoms with Crippen molar-refractivity contribution in [3.05, 3.63) is 12.3 Å². The van der Waals surface area contributed by atoms with Crippen molar-refractivity contribution in [2.45, 2.75) is 27.7 Å². The van der Waals surface area contributed by atoms with Crippen molar-refractivity contribution in [2.75, 3.05) is 5.75 Å². The molecule has 0 heterocycles. The maximum absolute atomic E-state index is 5.13. The standard InChI is InChI=1S/C10H19NS2/c1-7(2)9(5)6-13-10(12)11-8(3)4/h7,9H,3,6H2,1-2,4-5H3,(H,11,12)/t9-/m0/s1. The second-order valence-electron chi connectivity index (χ2n) is 3.73. The SMILES string of the molecule is C=C(C)NC(=S)SC[C@H](C)C(C)C. The smallest absolute Gasteiger partial charge is 0.137 e. The highest BCUT2D eigenvalue weighted by Gasteiger charge is 2.08. The topological polar surface area (TPSA) is 12.0 Å². The van der Waals surface area contributed by atoms with Gasteiger partial charge in [-0.15, -0.1) is 0 Å². The Morgan fingerprint density at radius 2 is 2.00 bits per heavy atom. The summed E-state index contributed by atoms with van der Waals surface area (Å²) in [7, 11) is 0. The van der Waals surface area contributed by atoms with Gasteiger partial charge in [-0.05, 0) is 18.8 Å². The van der Waals surface area contributed by atoms with Gasteiger partial charge in [0.1, 0.15) is 4.32 Å². The van der Waals surface area contributed by atoms with E-state index < -0.39 is 0 Å². The number of thioether (sulfide) groups is 1. The molecule has 0 aromatic carbocycles. The largest absolute Gasteiger partial charge is 0.346 e. The van der Waals surface area contributed by atoms with E-state index in [4.69, 9.17) is 12.2 Å². The Bertz CT molecular complexity index is 187. The zero-order valence-electron chi connectivity index (χ0n) is 8.89. The molecule has 1 nitrogen and oxygen atoms in total. The van der Waals surface area contributed by atoms with Crippen LogP contribution in [0.3, 0.4) is 0 Å². The van der Waals surface area contributed by atoms with Crippen LogP contribution in [-0.4, -0.2) is 10.1 Å². The fraction of sp³-hybridized carbons (Fsp3) is 0.700. The number of allylic oxidation sites excluding steroid dienone is 1. The van der Waals surface area contributed by atoms with Crippen molar-refractivity contribution in [1.29, 1.82) is 0 Å². The van der Waals surface area contributed by atoms with E-state index >= 15 is 0 Å². The summed E-state index contributed by atoms with van der Waals surface area (Å²) in [4.78, 5) is 0. The molecule has 0 bridgehead atoms. The van der Waals surface area contributed by atoms with Crippen LogP contribution in [0.2, 0.25) is 0 Å². The molecule has 0 amide bonds. The Morgan fingerprint density at radius 1 is 1.46 bits per heavy atom. The van der Waals surface area contributed by atoms with E-state index in [1.807, 2.05) is 6.92 Å². The molecule has 0 radical (unpaired) electrons. The molecule has 0 aromatic heterocycles. The van der Waals surface area contributed by atoms with Crippen LogP contribution in [-0.2, 0) is 0 Å². The van der Waals surface area contributed by atoms with E-state index in [0.717, 1.165) is 21.7 Å². The summed E-state index contributed by atoms with van der Waals surface area (Å²) in [6.45, 7) is 12.4. The lowest BCUT2D eigenvalue weighted by Crippen LogP contribution is -2.17. The Hall–Kier alpha value is -0.0200. The minimum Gasteiger partial charge on any atom is -0.346 e. The third-order valence-electron chi connectivity index (χ3n) is 1.93. The molecule has 0 saturated heterocycles. The van der Waals surface area contributed by atoms with Gasteiger partial charge in [0.25, 0.3) is 0 Å². The quantitative estimate of drug-likeness (QED) is 0.725. The molecule has 0 fully saturated rings. The molecule has 1 N–H and O–H groups in total. The molecule has 0 aliphatic carbocycles. The highest BCUT2D eigenvalue weighted by molar-refractivity contribution is 8.22. The lowest BCUT2D eigenvalue weighted by Gasteiger charge is -2.15. The molecule has 0 aliphatic rings. The van der Waals surface area contributed by atoms with Crippen LogP contribution < -0.4 is 5.32 Å². The number of hydrogen-bond acceptors (Lipinski definition) is 2. The van der Waals surface area contributed by atoms with Gasteiger partial charge in [-0.2, -0.15) is 0 Å². The van der Waals surface area contributed by atoms with Crippen LogP contribution >= 0.6 is 24.0 Å². The maximum Gasteiger partial charge on any atom is 0.137 e. The molecule has 3 heteroatoms. The number of rotatable bonds is 4. The van der Waals surface area contributed by atoms with Crippen molar-refractivity contribution < 1.29 is 0 Å². The van der Waals surface area contributed by atoms with E-state index in [9.17, 15) is 0 Å². The Morgan fingerprint density at radius 3 is 2.38 bits per heavy atom. The van der Waals surface area contributed by atoms with E-state index in [1.54, 1.807) is 11.8 Å². The fourth-order valence-corrected chi connectivity index (χ4v) is 2.03. The van der Waals surface area contributed by atoms with Gasteiger partial charge in [0.15, 0.2) is 0 Å². The van der Waals surface area contributed by atoms with Crippen LogP contribution in [0, 0.1) is 11.8 Å².